The lowest BCUT2D eigenvalue weighted by Crippen LogP contribution is -2.28. The van der Waals surface area contributed by atoms with E-state index in [1.165, 1.54) is 35.0 Å². The van der Waals surface area contributed by atoms with Crippen LogP contribution in [0.5, 0.6) is 5.75 Å². The quantitative estimate of drug-likeness (QED) is 0.140. The molecule has 1 heterocycles. The van der Waals surface area contributed by atoms with Crippen LogP contribution in [-0.4, -0.2) is 11.1 Å². The number of halogens is 1. The number of hydrogen-bond donors (Lipinski definition) is 0. The third kappa shape index (κ3) is 6.89. The number of nitrogens with zero attached hydrogens (tertiary/aromatic N) is 2. The molecule has 4 nitrogen and oxygen atoms in total. The standard InChI is InChI=1S/C36H33FN2O2S/c1-4-7-29-22-28(14-21-33(29)41-24-27-8-15-30(37)16-9-27)23-34-35(40)39(32-19-12-26(6-3)13-20-32)36(42-34)38-31-17-10-25(5-2)11-18-31/h4,8-23H,1,5-7,24H2,2-3H3/b34-23-,38-36?. The summed E-state index contributed by atoms with van der Waals surface area (Å²) in [5, 5.41) is 0.616. The second-order valence-electron chi connectivity index (χ2n) is 9.96. The van der Waals surface area contributed by atoms with Crippen LogP contribution in [0.2, 0.25) is 0 Å². The number of benzene rings is 4. The molecule has 0 aliphatic carbocycles. The van der Waals surface area contributed by atoms with Crippen LogP contribution >= 0.6 is 11.8 Å². The number of aryl methyl sites for hydroxylation is 2. The smallest absolute Gasteiger partial charge is 0.271 e. The number of hydrogen-bond acceptors (Lipinski definition) is 4. The topological polar surface area (TPSA) is 41.9 Å². The van der Waals surface area contributed by atoms with Crippen LogP contribution in [0.3, 0.4) is 0 Å². The van der Waals surface area contributed by atoms with Crippen LogP contribution in [0.4, 0.5) is 15.8 Å². The van der Waals surface area contributed by atoms with Crippen LogP contribution in [0.1, 0.15) is 41.7 Å². The zero-order chi connectivity index (χ0) is 29.5. The Morgan fingerprint density at radius 3 is 2.17 bits per heavy atom. The highest BCUT2D eigenvalue weighted by Crippen LogP contribution is 2.38. The molecule has 1 amide bonds. The predicted octanol–water partition coefficient (Wildman–Crippen LogP) is 9.07. The molecule has 0 radical (unpaired) electrons. The third-order valence-corrected chi connectivity index (χ3v) is 8.00. The maximum atomic E-state index is 13.8. The van der Waals surface area contributed by atoms with Crippen LogP contribution in [-0.2, 0) is 30.7 Å². The van der Waals surface area contributed by atoms with Gasteiger partial charge in [0.1, 0.15) is 18.2 Å². The molecule has 0 atom stereocenters. The first-order valence-corrected chi connectivity index (χ1v) is 14.9. The summed E-state index contributed by atoms with van der Waals surface area (Å²) >= 11 is 1.37. The Hall–Kier alpha value is -4.42. The molecule has 0 saturated carbocycles. The van der Waals surface area contributed by atoms with E-state index in [9.17, 15) is 9.18 Å². The van der Waals surface area contributed by atoms with Crippen molar-refractivity contribution >= 4 is 40.3 Å². The van der Waals surface area contributed by atoms with Crippen LogP contribution in [0.25, 0.3) is 6.08 Å². The van der Waals surface area contributed by atoms with Gasteiger partial charge in [-0.05, 0) is 113 Å². The molecule has 4 aromatic rings. The molecular formula is C36H33FN2O2S. The lowest BCUT2D eigenvalue weighted by atomic mass is 10.1. The largest absolute Gasteiger partial charge is 0.489 e. The van der Waals surface area contributed by atoms with Gasteiger partial charge in [-0.25, -0.2) is 9.38 Å². The minimum atomic E-state index is -0.276. The van der Waals surface area contributed by atoms with Gasteiger partial charge in [-0.2, -0.15) is 0 Å². The third-order valence-electron chi connectivity index (χ3n) is 7.03. The SMILES string of the molecule is C=CCc1cc(/C=C2\SC(=Nc3ccc(CC)cc3)N(c3ccc(CC)cc3)C2=O)ccc1OCc1ccc(F)cc1. The highest BCUT2D eigenvalue weighted by molar-refractivity contribution is 8.19. The fraction of sp³-hybridized carbons (Fsp3) is 0.167. The van der Waals surface area contributed by atoms with Gasteiger partial charge >= 0.3 is 0 Å². The Bertz CT molecular complexity index is 1630. The molecule has 6 heteroatoms. The second-order valence-corrected chi connectivity index (χ2v) is 11.0. The summed E-state index contributed by atoms with van der Waals surface area (Å²) in [6, 6.07) is 28.3. The summed E-state index contributed by atoms with van der Waals surface area (Å²) < 4.78 is 19.3. The van der Waals surface area contributed by atoms with Gasteiger partial charge in [0, 0.05) is 0 Å². The van der Waals surface area contributed by atoms with Crippen molar-refractivity contribution in [3.63, 3.8) is 0 Å². The molecule has 4 aromatic carbocycles. The van der Waals surface area contributed by atoms with Crippen molar-refractivity contribution < 1.29 is 13.9 Å². The molecule has 42 heavy (non-hydrogen) atoms. The number of carbonyl (C=O) groups is 1. The summed E-state index contributed by atoms with van der Waals surface area (Å²) in [4.78, 5) is 21.0. The monoisotopic (exact) mass is 576 g/mol. The molecule has 1 aliphatic heterocycles. The first kappa shape index (κ1) is 29.1. The molecule has 0 N–H and O–H groups in total. The van der Waals surface area contributed by atoms with Gasteiger partial charge in [-0.1, -0.05) is 62.4 Å². The lowest BCUT2D eigenvalue weighted by Gasteiger charge is -2.16. The Balaban J connectivity index is 1.45. The van der Waals surface area contributed by atoms with Gasteiger partial charge in [-0.3, -0.25) is 9.69 Å². The highest BCUT2D eigenvalue weighted by atomic mass is 32.2. The summed E-state index contributed by atoms with van der Waals surface area (Å²) in [7, 11) is 0. The Kier molecular flexibility index (Phi) is 9.35. The Morgan fingerprint density at radius 2 is 1.52 bits per heavy atom. The van der Waals surface area contributed by atoms with Gasteiger partial charge in [0.05, 0.1) is 16.3 Å². The molecule has 0 aromatic heterocycles. The normalized spacial score (nSPS) is 15.0. The van der Waals surface area contributed by atoms with Crippen molar-refractivity contribution in [1.82, 2.24) is 0 Å². The molecule has 5 rings (SSSR count). The van der Waals surface area contributed by atoms with E-state index in [1.807, 2.05) is 54.6 Å². The highest BCUT2D eigenvalue weighted by Gasteiger charge is 2.34. The Morgan fingerprint density at radius 1 is 0.881 bits per heavy atom. The number of allylic oxidation sites excluding steroid dienone is 1. The number of amidine groups is 1. The van der Waals surface area contributed by atoms with Gasteiger partial charge in [0.15, 0.2) is 5.17 Å². The van der Waals surface area contributed by atoms with E-state index < -0.39 is 0 Å². The first-order chi connectivity index (χ1) is 20.5. The molecule has 0 unspecified atom stereocenters. The lowest BCUT2D eigenvalue weighted by molar-refractivity contribution is -0.113. The average molecular weight is 577 g/mol. The number of rotatable bonds is 10. The zero-order valence-electron chi connectivity index (χ0n) is 23.8. The van der Waals surface area contributed by atoms with E-state index in [0.29, 0.717) is 23.1 Å². The maximum absolute atomic E-state index is 13.8. The van der Waals surface area contributed by atoms with Gasteiger partial charge in [0.2, 0.25) is 0 Å². The summed E-state index contributed by atoms with van der Waals surface area (Å²) in [6.45, 7) is 8.45. The van der Waals surface area contributed by atoms with Gasteiger partial charge < -0.3 is 4.74 Å². The van der Waals surface area contributed by atoms with Crippen molar-refractivity contribution in [3.05, 3.63) is 142 Å². The van der Waals surface area contributed by atoms with E-state index in [2.05, 4.69) is 44.7 Å². The fourth-order valence-corrected chi connectivity index (χ4v) is 5.61. The molecule has 1 aliphatic rings. The van der Waals surface area contributed by atoms with Crippen molar-refractivity contribution in [2.45, 2.75) is 39.7 Å². The summed E-state index contributed by atoms with van der Waals surface area (Å²) in [5.41, 5.74) is 6.74. The van der Waals surface area contributed by atoms with E-state index in [0.717, 1.165) is 46.7 Å². The molecule has 0 bridgehead atoms. The van der Waals surface area contributed by atoms with Crippen LogP contribution in [0.15, 0.2) is 114 Å². The van der Waals surface area contributed by atoms with E-state index in [-0.39, 0.29) is 11.7 Å². The van der Waals surface area contributed by atoms with Crippen LogP contribution < -0.4 is 9.64 Å². The van der Waals surface area contributed by atoms with Crippen LogP contribution in [0, 0.1) is 5.82 Å². The van der Waals surface area contributed by atoms with Crippen molar-refractivity contribution in [1.29, 1.82) is 0 Å². The number of ether oxygens (including phenoxy) is 1. The fourth-order valence-electron chi connectivity index (χ4n) is 4.61. The molecule has 1 saturated heterocycles. The summed E-state index contributed by atoms with van der Waals surface area (Å²) in [5.74, 6) is 0.333. The van der Waals surface area contributed by atoms with Crippen molar-refractivity contribution in [2.75, 3.05) is 4.90 Å². The van der Waals surface area contributed by atoms with E-state index in [1.54, 1.807) is 17.0 Å². The number of aliphatic imine (C=N–C) groups is 1. The summed E-state index contributed by atoms with van der Waals surface area (Å²) in [6.07, 6.45) is 6.21. The zero-order valence-corrected chi connectivity index (χ0v) is 24.7. The number of anilines is 1. The molecule has 212 valence electrons. The van der Waals surface area contributed by atoms with E-state index in [4.69, 9.17) is 9.73 Å². The Labute approximate surface area is 251 Å². The van der Waals surface area contributed by atoms with Gasteiger partial charge in [0.25, 0.3) is 5.91 Å². The average Bonchev–Trinajstić information content (AvgIpc) is 3.31. The van der Waals surface area contributed by atoms with Crippen molar-refractivity contribution in [3.8, 4) is 5.75 Å². The molecule has 0 spiro atoms. The number of thioether (sulfide) groups is 1. The minimum absolute atomic E-state index is 0.116. The second kappa shape index (κ2) is 13.5. The maximum Gasteiger partial charge on any atom is 0.271 e. The molecule has 1 fully saturated rings. The number of amides is 1. The minimum Gasteiger partial charge on any atom is -0.489 e. The number of carbonyl (C=O) groups excluding carboxylic acids is 1. The van der Waals surface area contributed by atoms with Gasteiger partial charge in [-0.15, -0.1) is 6.58 Å². The molecular weight excluding hydrogens is 543 g/mol. The predicted molar refractivity (Wildman–Crippen MR) is 173 cm³/mol. The van der Waals surface area contributed by atoms with E-state index >= 15 is 0 Å². The van der Waals surface area contributed by atoms with Crippen molar-refractivity contribution in [2.24, 2.45) is 4.99 Å². The first-order valence-electron chi connectivity index (χ1n) is 14.1.